The Kier molecular flexibility index (Phi) is 5.51. The van der Waals surface area contributed by atoms with E-state index in [1.165, 1.54) is 5.56 Å². The molecule has 2 heterocycles. The summed E-state index contributed by atoms with van der Waals surface area (Å²) in [4.78, 5) is 0. The van der Waals surface area contributed by atoms with Crippen molar-refractivity contribution in [1.29, 1.82) is 0 Å². The minimum Gasteiger partial charge on any atom is -0.424 e. The Morgan fingerprint density at radius 1 is 1.15 bits per heavy atom. The fourth-order valence-corrected chi connectivity index (χ4v) is 3.58. The van der Waals surface area contributed by atoms with Crippen LogP contribution in [0.2, 0.25) is 0 Å². The smallest absolute Gasteiger partial charge is 0.229 e. The molecular weight excluding hydrogens is 358 g/mol. The van der Waals surface area contributed by atoms with Crippen LogP contribution in [-0.4, -0.2) is 25.0 Å². The lowest BCUT2D eigenvalue weighted by molar-refractivity contribution is 0.470. The predicted octanol–water partition coefficient (Wildman–Crippen LogP) is 4.97. The SMILES string of the molecule is C=CCn1c(S[C@@H](C)c2nnc(C)o2)nnc1-c1ccc(C(C)(C)C)cc1. The summed E-state index contributed by atoms with van der Waals surface area (Å²) in [5.74, 6) is 1.97. The van der Waals surface area contributed by atoms with Gasteiger partial charge in [-0.2, -0.15) is 0 Å². The molecule has 0 bridgehead atoms. The number of hydrogen-bond donors (Lipinski definition) is 0. The van der Waals surface area contributed by atoms with Crippen LogP contribution in [0.3, 0.4) is 0 Å². The molecule has 7 heteroatoms. The molecule has 0 aliphatic carbocycles. The van der Waals surface area contributed by atoms with E-state index in [1.807, 2.05) is 13.0 Å². The molecule has 0 saturated carbocycles. The van der Waals surface area contributed by atoms with Gasteiger partial charge in [-0.1, -0.05) is 62.9 Å². The van der Waals surface area contributed by atoms with Crippen molar-refractivity contribution in [3.8, 4) is 11.4 Å². The van der Waals surface area contributed by atoms with E-state index in [-0.39, 0.29) is 10.7 Å². The minimum atomic E-state index is -0.0184. The molecule has 1 atom stereocenters. The summed E-state index contributed by atoms with van der Waals surface area (Å²) in [5, 5.41) is 17.6. The standard InChI is InChI=1S/C20H25N5OS/c1-7-12-25-17(15-8-10-16(11-9-15)20(4,5)6)22-24-19(25)27-13(2)18-23-21-14(3)26-18/h7-11,13H,1,12H2,2-6H3/t13-/m0/s1. The van der Waals surface area contributed by atoms with Crippen LogP contribution in [0.5, 0.6) is 0 Å². The lowest BCUT2D eigenvalue weighted by atomic mass is 9.87. The van der Waals surface area contributed by atoms with Gasteiger partial charge in [-0.3, -0.25) is 4.57 Å². The third-order valence-corrected chi connectivity index (χ3v) is 5.28. The van der Waals surface area contributed by atoms with Crippen molar-refractivity contribution in [1.82, 2.24) is 25.0 Å². The summed E-state index contributed by atoms with van der Waals surface area (Å²) >= 11 is 1.54. The largest absolute Gasteiger partial charge is 0.424 e. The highest BCUT2D eigenvalue weighted by Gasteiger charge is 2.21. The van der Waals surface area contributed by atoms with Crippen LogP contribution in [0.1, 0.15) is 50.3 Å². The van der Waals surface area contributed by atoms with Gasteiger partial charge in [-0.15, -0.1) is 27.0 Å². The molecule has 3 rings (SSSR count). The van der Waals surface area contributed by atoms with E-state index < -0.39 is 0 Å². The summed E-state index contributed by atoms with van der Waals surface area (Å²) < 4.78 is 7.59. The van der Waals surface area contributed by atoms with Gasteiger partial charge in [0.15, 0.2) is 11.0 Å². The fraction of sp³-hybridized carbons (Fsp3) is 0.400. The number of aromatic nitrogens is 5. The molecule has 0 spiro atoms. The van der Waals surface area contributed by atoms with E-state index in [1.54, 1.807) is 18.7 Å². The summed E-state index contributed by atoms with van der Waals surface area (Å²) in [6.45, 7) is 14.9. The second-order valence-corrected chi connectivity index (χ2v) is 8.76. The summed E-state index contributed by atoms with van der Waals surface area (Å²) in [5.41, 5.74) is 2.44. The van der Waals surface area contributed by atoms with Crippen molar-refractivity contribution in [2.24, 2.45) is 0 Å². The van der Waals surface area contributed by atoms with Crippen molar-refractivity contribution >= 4 is 11.8 Å². The van der Waals surface area contributed by atoms with Crippen molar-refractivity contribution in [3.63, 3.8) is 0 Å². The second-order valence-electron chi connectivity index (χ2n) is 7.45. The van der Waals surface area contributed by atoms with Crippen molar-refractivity contribution in [2.45, 2.75) is 57.0 Å². The third-order valence-electron chi connectivity index (χ3n) is 4.21. The van der Waals surface area contributed by atoms with Gasteiger partial charge >= 0.3 is 0 Å². The predicted molar refractivity (Wildman–Crippen MR) is 108 cm³/mol. The molecule has 0 radical (unpaired) electrons. The van der Waals surface area contributed by atoms with Gasteiger partial charge < -0.3 is 4.42 Å². The second kappa shape index (κ2) is 7.68. The van der Waals surface area contributed by atoms with E-state index in [0.717, 1.165) is 16.5 Å². The molecule has 6 nitrogen and oxygen atoms in total. The number of aryl methyl sites for hydroxylation is 1. The fourth-order valence-electron chi connectivity index (χ4n) is 2.69. The van der Waals surface area contributed by atoms with Crippen LogP contribution in [0.4, 0.5) is 0 Å². The summed E-state index contributed by atoms with van der Waals surface area (Å²) in [6.07, 6.45) is 1.85. The Hall–Kier alpha value is -2.41. The van der Waals surface area contributed by atoms with Gasteiger partial charge in [0, 0.05) is 19.0 Å². The molecule has 0 unspecified atom stereocenters. The first kappa shape index (κ1) is 19.4. The normalized spacial score (nSPS) is 12.9. The van der Waals surface area contributed by atoms with Crippen molar-refractivity contribution < 1.29 is 4.42 Å². The molecule has 0 fully saturated rings. The van der Waals surface area contributed by atoms with Gasteiger partial charge in [0.05, 0.1) is 5.25 Å². The van der Waals surface area contributed by atoms with Crippen LogP contribution in [0, 0.1) is 6.92 Å². The maximum atomic E-state index is 5.53. The first-order valence-corrected chi connectivity index (χ1v) is 9.79. The third kappa shape index (κ3) is 4.30. The van der Waals surface area contributed by atoms with Crippen LogP contribution >= 0.6 is 11.8 Å². The Balaban J connectivity index is 1.90. The van der Waals surface area contributed by atoms with Crippen LogP contribution in [0.25, 0.3) is 11.4 Å². The number of allylic oxidation sites excluding steroid dienone is 1. The van der Waals surface area contributed by atoms with Crippen molar-refractivity contribution in [2.75, 3.05) is 0 Å². The average molecular weight is 384 g/mol. The molecule has 0 saturated heterocycles. The first-order valence-electron chi connectivity index (χ1n) is 8.91. The Morgan fingerprint density at radius 2 is 1.85 bits per heavy atom. The van der Waals surface area contributed by atoms with Crippen LogP contribution in [-0.2, 0) is 12.0 Å². The zero-order chi connectivity index (χ0) is 19.6. The van der Waals surface area contributed by atoms with E-state index in [9.17, 15) is 0 Å². The highest BCUT2D eigenvalue weighted by Crippen LogP contribution is 2.35. The highest BCUT2D eigenvalue weighted by molar-refractivity contribution is 7.99. The van der Waals surface area contributed by atoms with E-state index in [2.05, 4.69) is 76.6 Å². The van der Waals surface area contributed by atoms with E-state index in [4.69, 9.17) is 4.42 Å². The number of hydrogen-bond acceptors (Lipinski definition) is 6. The summed E-state index contributed by atoms with van der Waals surface area (Å²) in [6, 6.07) is 8.50. The molecule has 2 aromatic heterocycles. The number of rotatable bonds is 6. The molecule has 0 N–H and O–H groups in total. The quantitative estimate of drug-likeness (QED) is 0.442. The van der Waals surface area contributed by atoms with Crippen LogP contribution in [0.15, 0.2) is 46.5 Å². The maximum absolute atomic E-state index is 5.53. The van der Waals surface area contributed by atoms with Gasteiger partial charge in [-0.25, -0.2) is 0 Å². The number of nitrogens with zero attached hydrogens (tertiary/aromatic N) is 5. The number of benzene rings is 1. The van der Waals surface area contributed by atoms with E-state index in [0.29, 0.717) is 18.3 Å². The number of thioether (sulfide) groups is 1. The molecular formula is C20H25N5OS. The molecule has 1 aromatic carbocycles. The topological polar surface area (TPSA) is 69.6 Å². The molecule has 0 aliphatic heterocycles. The monoisotopic (exact) mass is 383 g/mol. The molecule has 0 amide bonds. The van der Waals surface area contributed by atoms with Gasteiger partial charge in [0.2, 0.25) is 11.8 Å². The zero-order valence-corrected chi connectivity index (χ0v) is 17.2. The first-order chi connectivity index (χ1) is 12.8. The van der Waals surface area contributed by atoms with Gasteiger partial charge in [0.25, 0.3) is 0 Å². The molecule has 27 heavy (non-hydrogen) atoms. The highest BCUT2D eigenvalue weighted by atomic mass is 32.2. The van der Waals surface area contributed by atoms with Gasteiger partial charge in [-0.05, 0) is 17.9 Å². The zero-order valence-electron chi connectivity index (χ0n) is 16.4. The Labute approximate surface area is 164 Å². The Morgan fingerprint density at radius 3 is 2.41 bits per heavy atom. The minimum absolute atomic E-state index is 0.0184. The molecule has 142 valence electrons. The lowest BCUT2D eigenvalue weighted by Crippen LogP contribution is -2.10. The molecule has 0 aliphatic rings. The summed E-state index contributed by atoms with van der Waals surface area (Å²) in [7, 11) is 0. The van der Waals surface area contributed by atoms with Crippen molar-refractivity contribution in [3.05, 3.63) is 54.3 Å². The van der Waals surface area contributed by atoms with Crippen LogP contribution < -0.4 is 0 Å². The maximum Gasteiger partial charge on any atom is 0.229 e. The van der Waals surface area contributed by atoms with E-state index >= 15 is 0 Å². The Bertz CT molecular complexity index is 921. The van der Waals surface area contributed by atoms with Gasteiger partial charge in [0.1, 0.15) is 0 Å². The average Bonchev–Trinajstić information content (AvgIpc) is 3.22. The lowest BCUT2D eigenvalue weighted by Gasteiger charge is -2.19. The molecule has 3 aromatic rings.